The zero-order valence-electron chi connectivity index (χ0n) is 12.5. The molecule has 3 heterocycles. The van der Waals surface area contributed by atoms with Crippen LogP contribution < -0.4 is 0 Å². The highest BCUT2D eigenvalue weighted by atomic mass is 32.2. The Morgan fingerprint density at radius 2 is 2.17 bits per heavy atom. The van der Waals surface area contributed by atoms with E-state index in [1.165, 1.54) is 22.1 Å². The minimum atomic E-state index is -0.537. The molecule has 0 aliphatic carbocycles. The summed E-state index contributed by atoms with van der Waals surface area (Å²) in [5, 5.41) is 12.5. The molecule has 1 aliphatic rings. The third kappa shape index (κ3) is 3.10. The average Bonchev–Trinajstić information content (AvgIpc) is 3.21. The van der Waals surface area contributed by atoms with Gasteiger partial charge in [-0.25, -0.2) is 9.55 Å². The molecule has 24 heavy (non-hydrogen) atoms. The molecule has 8 nitrogen and oxygen atoms in total. The second-order valence-corrected chi connectivity index (χ2v) is 6.89. The van der Waals surface area contributed by atoms with Crippen LogP contribution in [0.3, 0.4) is 0 Å². The summed E-state index contributed by atoms with van der Waals surface area (Å²) in [6.45, 7) is 1.83. The fraction of sp³-hybridized carbons (Fsp3) is 0.214. The predicted octanol–water partition coefficient (Wildman–Crippen LogP) is 2.90. The number of nitrogens with zero attached hydrogens (tertiary/aromatic N) is 4. The first-order valence-corrected chi connectivity index (χ1v) is 8.62. The monoisotopic (exact) mass is 364 g/mol. The second-order valence-electron chi connectivity index (χ2n) is 4.92. The van der Waals surface area contributed by atoms with Crippen LogP contribution in [0.1, 0.15) is 10.7 Å². The van der Waals surface area contributed by atoms with Crippen LogP contribution in [0.25, 0.3) is 6.08 Å². The average molecular weight is 364 g/mol. The van der Waals surface area contributed by atoms with Gasteiger partial charge in [-0.05, 0) is 34.2 Å². The van der Waals surface area contributed by atoms with Crippen molar-refractivity contribution in [3.05, 3.63) is 49.4 Å². The molecule has 10 heteroatoms. The Labute approximate surface area is 144 Å². The Kier molecular flexibility index (Phi) is 4.49. The number of hydrogen-bond donors (Lipinski definition) is 0. The molecule has 0 atom stereocenters. The van der Waals surface area contributed by atoms with Crippen molar-refractivity contribution in [2.24, 2.45) is 0 Å². The van der Waals surface area contributed by atoms with E-state index < -0.39 is 4.92 Å². The molecule has 124 valence electrons. The van der Waals surface area contributed by atoms with Gasteiger partial charge >= 0.3 is 5.82 Å². The van der Waals surface area contributed by atoms with Crippen LogP contribution in [-0.2, 0) is 11.3 Å². The Hall–Kier alpha value is -2.46. The minimum absolute atomic E-state index is 0.0600. The molecule has 1 aliphatic heterocycles. The number of carbonyl (C=O) groups is 2. The number of thioether (sulfide) groups is 1. The smallest absolute Gasteiger partial charge is 0.342 e. The number of aromatic nitrogens is 2. The molecule has 0 aromatic carbocycles. The largest absolute Gasteiger partial charge is 0.358 e. The summed E-state index contributed by atoms with van der Waals surface area (Å²) in [7, 11) is 0. The third-order valence-corrected chi connectivity index (χ3v) is 5.19. The van der Waals surface area contributed by atoms with Crippen molar-refractivity contribution in [1.29, 1.82) is 0 Å². The Bertz CT molecular complexity index is 841. The van der Waals surface area contributed by atoms with Crippen molar-refractivity contribution in [2.75, 3.05) is 6.54 Å². The standard InChI is InChI=1S/C14H12N4O4S2/c1-9-15-8-12(18(21)22)16(9)4-5-17-13(19)11(24-14(17)20)7-10-3-2-6-23-10/h2-3,6-8H,4-5H2,1H3/b11-7-. The number of carbonyl (C=O) groups excluding carboxylic acids is 2. The number of aryl methyl sites for hydroxylation is 1. The first-order chi connectivity index (χ1) is 11.5. The van der Waals surface area contributed by atoms with Gasteiger partial charge in [-0.2, -0.15) is 0 Å². The number of thiophene rings is 1. The van der Waals surface area contributed by atoms with Gasteiger partial charge in [0.25, 0.3) is 11.1 Å². The van der Waals surface area contributed by atoms with Gasteiger partial charge in [0.15, 0.2) is 5.82 Å². The maximum absolute atomic E-state index is 12.4. The number of amides is 2. The highest BCUT2D eigenvalue weighted by Crippen LogP contribution is 2.33. The Morgan fingerprint density at radius 1 is 1.38 bits per heavy atom. The SMILES string of the molecule is Cc1ncc([N+](=O)[O-])n1CCN1C(=O)S/C(=C\c2cccs2)C1=O. The van der Waals surface area contributed by atoms with Crippen molar-refractivity contribution < 1.29 is 14.5 Å². The molecule has 3 rings (SSSR count). The lowest BCUT2D eigenvalue weighted by atomic mass is 10.3. The van der Waals surface area contributed by atoms with Crippen LogP contribution in [0.4, 0.5) is 10.6 Å². The molecule has 0 saturated carbocycles. The van der Waals surface area contributed by atoms with Crippen LogP contribution in [0, 0.1) is 17.0 Å². The molecule has 0 bridgehead atoms. The summed E-state index contributed by atoms with van der Waals surface area (Å²) in [6, 6.07) is 3.72. The summed E-state index contributed by atoms with van der Waals surface area (Å²) in [5.41, 5.74) is 0. The number of rotatable bonds is 5. The Balaban J connectivity index is 1.74. The maximum atomic E-state index is 12.4. The molecule has 1 fully saturated rings. The predicted molar refractivity (Wildman–Crippen MR) is 90.6 cm³/mol. The van der Waals surface area contributed by atoms with Crippen LogP contribution >= 0.6 is 23.1 Å². The summed E-state index contributed by atoms with van der Waals surface area (Å²) in [5.74, 6) is -0.0739. The van der Waals surface area contributed by atoms with Gasteiger partial charge in [0.05, 0.1) is 11.4 Å². The van der Waals surface area contributed by atoms with Crippen LogP contribution in [0.2, 0.25) is 0 Å². The van der Waals surface area contributed by atoms with Gasteiger partial charge < -0.3 is 10.1 Å². The second kappa shape index (κ2) is 6.57. The number of imide groups is 1. The van der Waals surface area contributed by atoms with Gasteiger partial charge in [0.2, 0.25) is 0 Å². The lowest BCUT2D eigenvalue weighted by Gasteiger charge is -2.11. The maximum Gasteiger partial charge on any atom is 0.342 e. The van der Waals surface area contributed by atoms with Crippen molar-refractivity contribution in [3.8, 4) is 0 Å². The van der Waals surface area contributed by atoms with Crippen molar-refractivity contribution in [3.63, 3.8) is 0 Å². The lowest BCUT2D eigenvalue weighted by Crippen LogP contribution is -2.31. The van der Waals surface area contributed by atoms with Gasteiger partial charge in [-0.3, -0.25) is 14.5 Å². The van der Waals surface area contributed by atoms with Gasteiger partial charge in [0.1, 0.15) is 12.7 Å². The van der Waals surface area contributed by atoms with E-state index in [0.29, 0.717) is 10.7 Å². The molecule has 0 radical (unpaired) electrons. The van der Waals surface area contributed by atoms with Crippen LogP contribution in [0.15, 0.2) is 28.6 Å². The van der Waals surface area contributed by atoms with E-state index in [-0.39, 0.29) is 30.1 Å². The van der Waals surface area contributed by atoms with E-state index in [9.17, 15) is 19.7 Å². The topological polar surface area (TPSA) is 98.3 Å². The van der Waals surface area contributed by atoms with Crippen molar-refractivity contribution in [1.82, 2.24) is 14.5 Å². The highest BCUT2D eigenvalue weighted by Gasteiger charge is 2.35. The van der Waals surface area contributed by atoms with Crippen LogP contribution in [-0.4, -0.2) is 37.1 Å². The van der Waals surface area contributed by atoms with Crippen molar-refractivity contribution in [2.45, 2.75) is 13.5 Å². The summed E-state index contributed by atoms with van der Waals surface area (Å²) in [6.07, 6.45) is 2.85. The minimum Gasteiger partial charge on any atom is -0.358 e. The van der Waals surface area contributed by atoms with E-state index in [0.717, 1.165) is 21.5 Å². The molecule has 0 N–H and O–H groups in total. The summed E-state index contributed by atoms with van der Waals surface area (Å²) >= 11 is 2.35. The lowest BCUT2D eigenvalue weighted by molar-refractivity contribution is -0.392. The molecule has 1 saturated heterocycles. The zero-order valence-corrected chi connectivity index (χ0v) is 14.2. The summed E-state index contributed by atoms with van der Waals surface area (Å²) in [4.78, 5) is 41.1. The Morgan fingerprint density at radius 3 is 2.83 bits per heavy atom. The highest BCUT2D eigenvalue weighted by molar-refractivity contribution is 8.18. The molecule has 0 spiro atoms. The number of imidazole rings is 1. The third-order valence-electron chi connectivity index (χ3n) is 3.46. The summed E-state index contributed by atoms with van der Waals surface area (Å²) < 4.78 is 1.38. The fourth-order valence-electron chi connectivity index (χ4n) is 2.27. The molecular formula is C14H12N4O4S2. The van der Waals surface area contributed by atoms with E-state index in [1.54, 1.807) is 13.0 Å². The first kappa shape index (κ1) is 16.4. The quantitative estimate of drug-likeness (QED) is 0.460. The van der Waals surface area contributed by atoms with E-state index >= 15 is 0 Å². The van der Waals surface area contributed by atoms with Gasteiger partial charge in [-0.1, -0.05) is 6.07 Å². The molecule has 2 amide bonds. The van der Waals surface area contributed by atoms with E-state index in [2.05, 4.69) is 4.98 Å². The normalized spacial score (nSPS) is 16.4. The zero-order chi connectivity index (χ0) is 17.3. The number of hydrogen-bond acceptors (Lipinski definition) is 7. The number of nitro groups is 1. The molecule has 2 aromatic rings. The molecule has 2 aromatic heterocycles. The van der Waals surface area contributed by atoms with E-state index in [1.807, 2.05) is 17.5 Å². The van der Waals surface area contributed by atoms with Crippen molar-refractivity contribution >= 4 is 46.1 Å². The van der Waals surface area contributed by atoms with Gasteiger partial charge in [-0.15, -0.1) is 11.3 Å². The van der Waals surface area contributed by atoms with E-state index in [4.69, 9.17) is 0 Å². The fourth-order valence-corrected chi connectivity index (χ4v) is 3.86. The first-order valence-electron chi connectivity index (χ1n) is 6.93. The molecule has 0 unspecified atom stereocenters. The van der Waals surface area contributed by atoms with Crippen LogP contribution in [0.5, 0.6) is 0 Å². The van der Waals surface area contributed by atoms with Gasteiger partial charge in [0, 0.05) is 11.8 Å². The molecular weight excluding hydrogens is 352 g/mol.